The van der Waals surface area contributed by atoms with Crippen LogP contribution in [0, 0.1) is 11.8 Å². The minimum atomic E-state index is -4.74. The van der Waals surface area contributed by atoms with Crippen molar-refractivity contribution < 1.29 is 17.9 Å². The van der Waals surface area contributed by atoms with Crippen LogP contribution in [0.3, 0.4) is 0 Å². The van der Waals surface area contributed by atoms with Crippen molar-refractivity contribution in [2.45, 2.75) is 64.7 Å². The predicted octanol–water partition coefficient (Wildman–Crippen LogP) is 9.63. The lowest BCUT2D eigenvalue weighted by Crippen LogP contribution is -2.24. The van der Waals surface area contributed by atoms with Crippen LogP contribution in [-0.2, 0) is 0 Å². The second-order valence-electron chi connectivity index (χ2n) is 9.53. The maximum Gasteiger partial charge on any atom is 0.573 e. The first-order chi connectivity index (χ1) is 16.4. The van der Waals surface area contributed by atoms with E-state index in [2.05, 4.69) is 18.6 Å². The molecule has 0 aliphatic heterocycles. The molecule has 1 nitrogen and oxygen atoms in total. The summed E-state index contributed by atoms with van der Waals surface area (Å²) in [6, 6.07) is 22.9. The highest BCUT2D eigenvalue weighted by atomic mass is 19.4. The summed E-state index contributed by atoms with van der Waals surface area (Å²) in [6.45, 7) is 4.38. The molecular formula is C30H33F3O. The number of rotatable bonds is 7. The van der Waals surface area contributed by atoms with Gasteiger partial charge in [0.15, 0.2) is 0 Å². The molecule has 0 bridgehead atoms. The van der Waals surface area contributed by atoms with Crippen molar-refractivity contribution in [1.29, 1.82) is 0 Å². The Labute approximate surface area is 201 Å². The number of hydrogen-bond acceptors (Lipinski definition) is 1. The van der Waals surface area contributed by atoms with Crippen molar-refractivity contribution in [3.63, 3.8) is 0 Å². The van der Waals surface area contributed by atoms with Gasteiger partial charge in [-0.1, -0.05) is 113 Å². The molecule has 4 heteroatoms. The third-order valence-electron chi connectivity index (χ3n) is 7.33. The molecule has 0 spiro atoms. The molecule has 4 rings (SSSR count). The summed E-state index contributed by atoms with van der Waals surface area (Å²) in [5.74, 6) is 1.23. The van der Waals surface area contributed by atoms with Crippen LogP contribution in [0.1, 0.15) is 63.9 Å². The number of alkyl halides is 3. The van der Waals surface area contributed by atoms with Crippen LogP contribution >= 0.6 is 0 Å². The Hall–Kier alpha value is -2.75. The second kappa shape index (κ2) is 10.7. The molecule has 180 valence electrons. The molecule has 0 saturated heterocycles. The lowest BCUT2D eigenvalue weighted by atomic mass is 9.69. The average Bonchev–Trinajstić information content (AvgIpc) is 2.84. The van der Waals surface area contributed by atoms with Gasteiger partial charge in [-0.3, -0.25) is 0 Å². The van der Waals surface area contributed by atoms with Gasteiger partial charge in [0.2, 0.25) is 0 Å². The van der Waals surface area contributed by atoms with Crippen LogP contribution in [0.15, 0.2) is 72.8 Å². The summed E-state index contributed by atoms with van der Waals surface area (Å²) in [4.78, 5) is 0. The van der Waals surface area contributed by atoms with Gasteiger partial charge in [0.25, 0.3) is 0 Å². The highest BCUT2D eigenvalue weighted by molar-refractivity contribution is 5.74. The fourth-order valence-electron chi connectivity index (χ4n) is 5.61. The highest BCUT2D eigenvalue weighted by Gasteiger charge is 2.34. The molecule has 1 aliphatic carbocycles. The SMILES string of the molecule is CCCC1CCCCC1C(C)c1ccc(-c2ccc(-c3ccccc3)cc2)c(OC(F)(F)F)c1. The van der Waals surface area contributed by atoms with Gasteiger partial charge in [-0.25, -0.2) is 0 Å². The predicted molar refractivity (Wildman–Crippen MR) is 133 cm³/mol. The monoisotopic (exact) mass is 466 g/mol. The Bertz CT molecular complexity index is 1050. The largest absolute Gasteiger partial charge is 0.573 e. The Kier molecular flexibility index (Phi) is 7.65. The lowest BCUT2D eigenvalue weighted by molar-refractivity contribution is -0.274. The molecular weight excluding hydrogens is 433 g/mol. The minimum Gasteiger partial charge on any atom is -0.405 e. The summed E-state index contributed by atoms with van der Waals surface area (Å²) in [5.41, 5.74) is 4.18. The molecule has 1 aliphatic rings. The van der Waals surface area contributed by atoms with E-state index < -0.39 is 6.36 Å². The minimum absolute atomic E-state index is 0.118. The average molecular weight is 467 g/mol. The Balaban J connectivity index is 1.65. The van der Waals surface area contributed by atoms with Crippen molar-refractivity contribution in [3.8, 4) is 28.0 Å². The zero-order chi connectivity index (χ0) is 24.1. The van der Waals surface area contributed by atoms with Crippen LogP contribution in [0.25, 0.3) is 22.3 Å². The van der Waals surface area contributed by atoms with E-state index in [9.17, 15) is 13.2 Å². The number of halogens is 3. The highest BCUT2D eigenvalue weighted by Crippen LogP contribution is 2.44. The molecule has 0 radical (unpaired) electrons. The normalized spacial score (nSPS) is 19.6. The van der Waals surface area contributed by atoms with Gasteiger partial charge in [-0.15, -0.1) is 13.2 Å². The second-order valence-corrected chi connectivity index (χ2v) is 9.53. The van der Waals surface area contributed by atoms with Crippen LogP contribution in [0.4, 0.5) is 13.2 Å². The first-order valence-electron chi connectivity index (χ1n) is 12.4. The quantitative estimate of drug-likeness (QED) is 0.337. The number of ether oxygens (including phenoxy) is 1. The fourth-order valence-corrected chi connectivity index (χ4v) is 5.61. The van der Waals surface area contributed by atoms with Crippen LogP contribution < -0.4 is 4.74 Å². The van der Waals surface area contributed by atoms with E-state index in [1.807, 2.05) is 60.7 Å². The van der Waals surface area contributed by atoms with E-state index in [4.69, 9.17) is 0 Å². The third kappa shape index (κ3) is 5.84. The van der Waals surface area contributed by atoms with Crippen LogP contribution in [0.2, 0.25) is 0 Å². The third-order valence-corrected chi connectivity index (χ3v) is 7.33. The van der Waals surface area contributed by atoms with E-state index in [0.29, 0.717) is 23.0 Å². The van der Waals surface area contributed by atoms with Gasteiger partial charge < -0.3 is 4.74 Å². The van der Waals surface area contributed by atoms with E-state index in [0.717, 1.165) is 29.5 Å². The first kappa shape index (κ1) is 24.4. The molecule has 0 amide bonds. The Morgan fingerprint density at radius 1 is 0.853 bits per heavy atom. The lowest BCUT2D eigenvalue weighted by Gasteiger charge is -2.36. The van der Waals surface area contributed by atoms with E-state index >= 15 is 0 Å². The van der Waals surface area contributed by atoms with E-state index in [1.54, 1.807) is 12.1 Å². The van der Waals surface area contributed by atoms with Crippen molar-refractivity contribution in [3.05, 3.63) is 78.4 Å². The molecule has 0 heterocycles. The number of benzene rings is 3. The summed E-state index contributed by atoms with van der Waals surface area (Å²) in [6.07, 6.45) is 2.42. The van der Waals surface area contributed by atoms with Crippen molar-refractivity contribution >= 4 is 0 Å². The molecule has 3 aromatic carbocycles. The summed E-state index contributed by atoms with van der Waals surface area (Å²) < 4.78 is 44.6. The molecule has 34 heavy (non-hydrogen) atoms. The van der Waals surface area contributed by atoms with Crippen molar-refractivity contribution in [1.82, 2.24) is 0 Å². The van der Waals surface area contributed by atoms with Gasteiger partial charge in [0, 0.05) is 5.56 Å². The Morgan fingerprint density at radius 3 is 2.18 bits per heavy atom. The molecule has 1 saturated carbocycles. The zero-order valence-electron chi connectivity index (χ0n) is 19.9. The molecule has 3 aromatic rings. The van der Waals surface area contributed by atoms with Gasteiger partial charge in [-0.05, 0) is 52.5 Å². The van der Waals surface area contributed by atoms with Crippen molar-refractivity contribution in [2.75, 3.05) is 0 Å². The first-order valence-corrected chi connectivity index (χ1v) is 12.4. The topological polar surface area (TPSA) is 9.23 Å². The maximum absolute atomic E-state index is 13.4. The molecule has 3 atom stereocenters. The van der Waals surface area contributed by atoms with Gasteiger partial charge in [0.1, 0.15) is 5.75 Å². The molecule has 3 unspecified atom stereocenters. The number of hydrogen-bond donors (Lipinski definition) is 0. The molecule has 0 N–H and O–H groups in total. The smallest absolute Gasteiger partial charge is 0.405 e. The Morgan fingerprint density at radius 2 is 1.50 bits per heavy atom. The maximum atomic E-state index is 13.4. The van der Waals surface area contributed by atoms with Gasteiger partial charge >= 0.3 is 6.36 Å². The van der Waals surface area contributed by atoms with Crippen molar-refractivity contribution in [2.24, 2.45) is 11.8 Å². The zero-order valence-corrected chi connectivity index (χ0v) is 19.9. The molecule has 1 fully saturated rings. The van der Waals surface area contributed by atoms with Crippen LogP contribution in [-0.4, -0.2) is 6.36 Å². The molecule has 0 aromatic heterocycles. The van der Waals surface area contributed by atoms with E-state index in [1.165, 1.54) is 25.7 Å². The van der Waals surface area contributed by atoms with Crippen LogP contribution in [0.5, 0.6) is 5.75 Å². The standard InChI is InChI=1S/C30H33F3O/c1-3-9-24-12-7-8-13-27(24)21(2)26-18-19-28(29(20-26)34-30(31,32)33)25-16-14-23(15-17-25)22-10-5-4-6-11-22/h4-6,10-11,14-21,24,27H,3,7-9,12-13H2,1-2H3. The van der Waals surface area contributed by atoms with Gasteiger partial charge in [0.05, 0.1) is 0 Å². The summed E-state index contributed by atoms with van der Waals surface area (Å²) in [5, 5.41) is 0. The van der Waals surface area contributed by atoms with E-state index in [-0.39, 0.29) is 11.7 Å². The summed E-state index contributed by atoms with van der Waals surface area (Å²) in [7, 11) is 0. The summed E-state index contributed by atoms with van der Waals surface area (Å²) >= 11 is 0. The van der Waals surface area contributed by atoms with Gasteiger partial charge in [-0.2, -0.15) is 0 Å². The fraction of sp³-hybridized carbons (Fsp3) is 0.400.